The van der Waals surface area contributed by atoms with Gasteiger partial charge in [-0.25, -0.2) is 0 Å². The Bertz CT molecular complexity index is 612. The van der Waals surface area contributed by atoms with Crippen LogP contribution in [0.5, 0.6) is 0 Å². The van der Waals surface area contributed by atoms with E-state index in [1.54, 1.807) is 6.20 Å². The van der Waals surface area contributed by atoms with Crippen LogP contribution in [-0.4, -0.2) is 33.7 Å². The highest BCUT2D eigenvalue weighted by Gasteiger charge is 2.22. The normalized spacial score (nSPS) is 15.2. The van der Waals surface area contributed by atoms with Crippen molar-refractivity contribution in [1.82, 2.24) is 14.7 Å². The van der Waals surface area contributed by atoms with E-state index in [4.69, 9.17) is 0 Å². The number of rotatable bonds is 3. The van der Waals surface area contributed by atoms with Gasteiger partial charge in [0.05, 0.1) is 18.3 Å². The Kier molecular flexibility index (Phi) is 4.04. The summed E-state index contributed by atoms with van der Waals surface area (Å²) in [5.41, 5.74) is 2.89. The Morgan fingerprint density at radius 2 is 1.86 bits per heavy atom. The van der Waals surface area contributed by atoms with Gasteiger partial charge in [-0.3, -0.25) is 9.48 Å². The fourth-order valence-corrected chi connectivity index (χ4v) is 2.84. The number of likely N-dealkylation sites (tertiary alicyclic amines) is 1. The van der Waals surface area contributed by atoms with Crippen LogP contribution in [0.15, 0.2) is 36.5 Å². The molecule has 0 unspecified atom stereocenters. The topological polar surface area (TPSA) is 38.1 Å². The molecule has 1 aliphatic heterocycles. The van der Waals surface area contributed by atoms with Gasteiger partial charge in [-0.15, -0.1) is 0 Å². The smallest absolute Gasteiger partial charge is 0.257 e. The van der Waals surface area contributed by atoms with E-state index >= 15 is 0 Å². The van der Waals surface area contributed by atoms with E-state index in [0.29, 0.717) is 6.54 Å². The largest absolute Gasteiger partial charge is 0.339 e. The number of piperidine rings is 1. The van der Waals surface area contributed by atoms with Gasteiger partial charge in [0, 0.05) is 18.8 Å². The van der Waals surface area contributed by atoms with Crippen LogP contribution in [0.1, 0.15) is 40.9 Å². The molecule has 1 fully saturated rings. The van der Waals surface area contributed by atoms with Gasteiger partial charge in [-0.05, 0) is 31.7 Å². The maximum Gasteiger partial charge on any atom is 0.257 e. The van der Waals surface area contributed by atoms with Gasteiger partial charge in [0.2, 0.25) is 0 Å². The lowest BCUT2D eigenvalue weighted by Gasteiger charge is -2.26. The molecule has 0 saturated carbocycles. The second-order valence-corrected chi connectivity index (χ2v) is 5.64. The standard InChI is InChI=1S/C17H21N3O/c1-14-16(17(21)19-10-6-3-7-11-19)12-18-20(14)13-15-8-4-2-5-9-15/h2,4-5,8-9,12H,3,6-7,10-11,13H2,1H3. The number of carbonyl (C=O) groups excluding carboxylic acids is 1. The quantitative estimate of drug-likeness (QED) is 0.868. The van der Waals surface area contributed by atoms with Gasteiger partial charge in [0.1, 0.15) is 0 Å². The molecule has 2 aromatic rings. The average molecular weight is 283 g/mol. The molecule has 0 atom stereocenters. The zero-order valence-corrected chi connectivity index (χ0v) is 12.5. The van der Waals surface area contributed by atoms with Crippen LogP contribution in [0.2, 0.25) is 0 Å². The van der Waals surface area contributed by atoms with E-state index in [2.05, 4.69) is 17.2 Å². The average Bonchev–Trinajstić information content (AvgIpc) is 2.89. The summed E-state index contributed by atoms with van der Waals surface area (Å²) >= 11 is 0. The lowest BCUT2D eigenvalue weighted by molar-refractivity contribution is 0.0723. The molecule has 0 spiro atoms. The zero-order chi connectivity index (χ0) is 14.7. The number of hydrogen-bond donors (Lipinski definition) is 0. The first-order valence-electron chi connectivity index (χ1n) is 7.61. The van der Waals surface area contributed by atoms with Crippen LogP contribution in [0, 0.1) is 6.92 Å². The van der Waals surface area contributed by atoms with Crippen LogP contribution in [-0.2, 0) is 6.54 Å². The first-order valence-corrected chi connectivity index (χ1v) is 7.61. The van der Waals surface area contributed by atoms with Gasteiger partial charge in [-0.1, -0.05) is 30.3 Å². The van der Waals surface area contributed by atoms with E-state index in [1.165, 1.54) is 12.0 Å². The van der Waals surface area contributed by atoms with E-state index in [-0.39, 0.29) is 5.91 Å². The van der Waals surface area contributed by atoms with Crippen molar-refractivity contribution >= 4 is 5.91 Å². The van der Waals surface area contributed by atoms with Crippen molar-refractivity contribution in [2.24, 2.45) is 0 Å². The summed E-state index contributed by atoms with van der Waals surface area (Å²) in [7, 11) is 0. The van der Waals surface area contributed by atoms with E-state index in [1.807, 2.05) is 34.7 Å². The molecule has 0 radical (unpaired) electrons. The van der Waals surface area contributed by atoms with Crippen LogP contribution >= 0.6 is 0 Å². The lowest BCUT2D eigenvalue weighted by atomic mass is 10.1. The molecule has 21 heavy (non-hydrogen) atoms. The van der Waals surface area contributed by atoms with E-state index in [9.17, 15) is 4.79 Å². The Morgan fingerprint density at radius 1 is 1.14 bits per heavy atom. The molecule has 0 bridgehead atoms. The highest BCUT2D eigenvalue weighted by molar-refractivity contribution is 5.95. The van der Waals surface area contributed by atoms with Crippen molar-refractivity contribution in [1.29, 1.82) is 0 Å². The summed E-state index contributed by atoms with van der Waals surface area (Å²) in [6.45, 7) is 4.44. The fourth-order valence-electron chi connectivity index (χ4n) is 2.84. The summed E-state index contributed by atoms with van der Waals surface area (Å²) in [4.78, 5) is 14.5. The predicted molar refractivity (Wildman–Crippen MR) is 82.3 cm³/mol. The molecular formula is C17H21N3O. The van der Waals surface area contributed by atoms with Crippen LogP contribution in [0.3, 0.4) is 0 Å². The first kappa shape index (κ1) is 13.9. The van der Waals surface area contributed by atoms with Gasteiger partial charge >= 0.3 is 0 Å². The molecule has 4 heteroatoms. The summed E-state index contributed by atoms with van der Waals surface area (Å²) in [6, 6.07) is 10.2. The monoisotopic (exact) mass is 283 g/mol. The highest BCUT2D eigenvalue weighted by Crippen LogP contribution is 2.16. The van der Waals surface area contributed by atoms with Crippen molar-refractivity contribution < 1.29 is 4.79 Å². The predicted octanol–water partition coefficient (Wildman–Crippen LogP) is 2.87. The van der Waals surface area contributed by atoms with Gasteiger partial charge in [-0.2, -0.15) is 5.10 Å². The molecule has 1 aromatic heterocycles. The summed E-state index contributed by atoms with van der Waals surface area (Å²) in [5, 5.41) is 4.40. The van der Waals surface area contributed by atoms with Crippen molar-refractivity contribution in [3.63, 3.8) is 0 Å². The van der Waals surface area contributed by atoms with Crippen molar-refractivity contribution in [3.8, 4) is 0 Å². The molecule has 2 heterocycles. The molecule has 1 aliphatic rings. The Hall–Kier alpha value is -2.10. The molecule has 0 aliphatic carbocycles. The van der Waals surface area contributed by atoms with Gasteiger partial charge < -0.3 is 4.90 Å². The SMILES string of the molecule is Cc1c(C(=O)N2CCCCC2)cnn1Cc1ccccc1. The van der Waals surface area contributed by atoms with Crippen LogP contribution < -0.4 is 0 Å². The third-order valence-electron chi connectivity index (χ3n) is 4.15. The Balaban J connectivity index is 1.77. The third-order valence-corrected chi connectivity index (χ3v) is 4.15. The number of aromatic nitrogens is 2. The molecule has 1 amide bonds. The second-order valence-electron chi connectivity index (χ2n) is 5.64. The summed E-state index contributed by atoms with van der Waals surface area (Å²) < 4.78 is 1.91. The maximum atomic E-state index is 12.6. The number of amides is 1. The number of benzene rings is 1. The van der Waals surface area contributed by atoms with Crippen LogP contribution in [0.25, 0.3) is 0 Å². The van der Waals surface area contributed by atoms with Crippen molar-refractivity contribution in [2.75, 3.05) is 13.1 Å². The minimum Gasteiger partial charge on any atom is -0.339 e. The third kappa shape index (κ3) is 2.99. The van der Waals surface area contributed by atoms with E-state index < -0.39 is 0 Å². The minimum absolute atomic E-state index is 0.131. The number of carbonyl (C=O) groups is 1. The Morgan fingerprint density at radius 3 is 2.57 bits per heavy atom. The fraction of sp³-hybridized carbons (Fsp3) is 0.412. The summed E-state index contributed by atoms with van der Waals surface area (Å²) in [6.07, 6.45) is 5.18. The number of nitrogens with zero attached hydrogens (tertiary/aromatic N) is 3. The number of hydrogen-bond acceptors (Lipinski definition) is 2. The Labute approximate surface area is 125 Å². The molecule has 4 nitrogen and oxygen atoms in total. The van der Waals surface area contributed by atoms with Crippen LogP contribution in [0.4, 0.5) is 0 Å². The van der Waals surface area contributed by atoms with E-state index in [0.717, 1.165) is 37.2 Å². The molecular weight excluding hydrogens is 262 g/mol. The van der Waals surface area contributed by atoms with Crippen molar-refractivity contribution in [2.45, 2.75) is 32.7 Å². The van der Waals surface area contributed by atoms with Gasteiger partial charge in [0.25, 0.3) is 5.91 Å². The lowest BCUT2D eigenvalue weighted by Crippen LogP contribution is -2.35. The summed E-state index contributed by atoms with van der Waals surface area (Å²) in [5.74, 6) is 0.131. The van der Waals surface area contributed by atoms with Crippen molar-refractivity contribution in [3.05, 3.63) is 53.3 Å². The van der Waals surface area contributed by atoms with Gasteiger partial charge in [0.15, 0.2) is 0 Å². The first-order chi connectivity index (χ1) is 10.3. The molecule has 0 N–H and O–H groups in total. The maximum absolute atomic E-state index is 12.6. The second kappa shape index (κ2) is 6.12. The zero-order valence-electron chi connectivity index (χ0n) is 12.5. The molecule has 110 valence electrons. The molecule has 1 saturated heterocycles. The highest BCUT2D eigenvalue weighted by atomic mass is 16.2. The molecule has 1 aromatic carbocycles. The molecule has 3 rings (SSSR count). The minimum atomic E-state index is 0.131.